The van der Waals surface area contributed by atoms with Gasteiger partial charge in [0.05, 0.1) is 5.30 Å². The summed E-state index contributed by atoms with van der Waals surface area (Å²) in [6, 6.07) is 12.9. The molecule has 1 atom stereocenters. The second kappa shape index (κ2) is 7.81. The summed E-state index contributed by atoms with van der Waals surface area (Å²) in [5.41, 5.74) is 2.97. The molecule has 0 saturated heterocycles. The van der Waals surface area contributed by atoms with Crippen molar-refractivity contribution in [3.63, 3.8) is 0 Å². The van der Waals surface area contributed by atoms with Crippen LogP contribution in [0.3, 0.4) is 0 Å². The molecule has 0 radical (unpaired) electrons. The number of aryl methyl sites for hydroxylation is 2. The first-order valence-electron chi connectivity index (χ1n) is 8.19. The van der Waals surface area contributed by atoms with Gasteiger partial charge in [0.25, 0.3) is 0 Å². The molecule has 0 aliphatic heterocycles. The minimum Gasteiger partial charge on any atom is -0.421 e. The maximum absolute atomic E-state index is 12.9. The van der Waals surface area contributed by atoms with E-state index in [1.807, 2.05) is 37.3 Å². The molecule has 0 fully saturated rings. The van der Waals surface area contributed by atoms with Gasteiger partial charge in [-0.15, -0.1) is 0 Å². The van der Waals surface area contributed by atoms with Gasteiger partial charge >= 0.3 is 7.60 Å². The minimum atomic E-state index is -3.91. The van der Waals surface area contributed by atoms with Crippen molar-refractivity contribution < 1.29 is 14.0 Å². The summed E-state index contributed by atoms with van der Waals surface area (Å²) < 4.78 is 18.5. The van der Waals surface area contributed by atoms with Crippen LogP contribution in [0.25, 0.3) is 0 Å². The van der Waals surface area contributed by atoms with Gasteiger partial charge in [-0.3, -0.25) is 0 Å². The highest BCUT2D eigenvalue weighted by molar-refractivity contribution is 7.61. The average molecular weight is 332 g/mol. The summed E-state index contributed by atoms with van der Waals surface area (Å²) in [6.45, 7) is 6.07. The van der Waals surface area contributed by atoms with Crippen LogP contribution >= 0.6 is 7.60 Å². The van der Waals surface area contributed by atoms with Crippen molar-refractivity contribution in [2.24, 2.45) is 0 Å². The van der Waals surface area contributed by atoms with Crippen LogP contribution in [0.1, 0.15) is 43.4 Å². The van der Waals surface area contributed by atoms with E-state index < -0.39 is 7.60 Å². The largest absolute Gasteiger partial charge is 0.421 e. The Morgan fingerprint density at radius 2 is 1.70 bits per heavy atom. The Hall–Kier alpha value is -1.57. The van der Waals surface area contributed by atoms with Gasteiger partial charge in [0.15, 0.2) is 0 Å². The van der Waals surface area contributed by atoms with Crippen molar-refractivity contribution in [3.05, 3.63) is 59.2 Å². The van der Waals surface area contributed by atoms with Crippen LogP contribution in [0, 0.1) is 6.92 Å². The molecule has 2 rings (SSSR count). The lowest BCUT2D eigenvalue weighted by atomic mass is 10.00. The van der Waals surface area contributed by atoms with Crippen LogP contribution in [0.2, 0.25) is 0 Å². The third kappa shape index (κ3) is 4.25. The van der Waals surface area contributed by atoms with Crippen molar-refractivity contribution in [2.75, 3.05) is 0 Å². The van der Waals surface area contributed by atoms with E-state index in [-0.39, 0.29) is 0 Å². The Kier molecular flexibility index (Phi) is 6.04. The molecular weight excluding hydrogens is 307 g/mol. The van der Waals surface area contributed by atoms with Crippen LogP contribution in [0.4, 0.5) is 0 Å². The second-order valence-corrected chi connectivity index (χ2v) is 7.50. The highest BCUT2D eigenvalue weighted by atomic mass is 31.2. The molecule has 2 aromatic rings. The third-order valence-electron chi connectivity index (χ3n) is 3.89. The molecule has 2 aromatic carbocycles. The Labute approximate surface area is 138 Å². The van der Waals surface area contributed by atoms with E-state index in [1.165, 1.54) is 0 Å². The first kappa shape index (κ1) is 17.8. The van der Waals surface area contributed by atoms with Crippen LogP contribution in [0.5, 0.6) is 5.75 Å². The van der Waals surface area contributed by atoms with Gasteiger partial charge in [0.1, 0.15) is 5.75 Å². The van der Waals surface area contributed by atoms with E-state index >= 15 is 0 Å². The van der Waals surface area contributed by atoms with Crippen molar-refractivity contribution in [3.8, 4) is 5.75 Å². The number of benzene rings is 2. The monoisotopic (exact) mass is 332 g/mol. The number of hydrogen-bond donors (Lipinski definition) is 1. The fraction of sp³-hybridized carbons (Fsp3) is 0.368. The van der Waals surface area contributed by atoms with E-state index in [1.54, 1.807) is 12.1 Å². The maximum atomic E-state index is 12.9. The summed E-state index contributed by atoms with van der Waals surface area (Å²) in [5.74, 6) is 0.460. The smallest absolute Gasteiger partial charge is 0.408 e. The highest BCUT2D eigenvalue weighted by Crippen LogP contribution is 2.44. The Morgan fingerprint density at radius 1 is 1.00 bits per heavy atom. The molecule has 0 spiro atoms. The van der Waals surface area contributed by atoms with E-state index in [0.29, 0.717) is 11.1 Å². The zero-order valence-corrected chi connectivity index (χ0v) is 15.0. The van der Waals surface area contributed by atoms with Crippen molar-refractivity contribution in [1.29, 1.82) is 0 Å². The molecule has 0 heterocycles. The highest BCUT2D eigenvalue weighted by Gasteiger charge is 2.29. The lowest BCUT2D eigenvalue weighted by Crippen LogP contribution is -2.17. The molecule has 23 heavy (non-hydrogen) atoms. The predicted molar refractivity (Wildman–Crippen MR) is 95.7 cm³/mol. The van der Waals surface area contributed by atoms with E-state index in [2.05, 4.69) is 13.8 Å². The molecular formula is C19H25O3P. The normalized spacial score (nSPS) is 13.6. The lowest BCUT2D eigenvalue weighted by Gasteiger charge is -2.20. The second-order valence-electron chi connectivity index (χ2n) is 5.79. The molecule has 3 nitrogen and oxygen atoms in total. The molecule has 0 bridgehead atoms. The Balaban J connectivity index is 2.44. The predicted octanol–water partition coefficient (Wildman–Crippen LogP) is 4.79. The average Bonchev–Trinajstić information content (AvgIpc) is 2.51. The van der Waals surface area contributed by atoms with Crippen LogP contribution in [-0.4, -0.2) is 4.89 Å². The zero-order valence-electron chi connectivity index (χ0n) is 14.1. The van der Waals surface area contributed by atoms with Gasteiger partial charge < -0.3 is 9.42 Å². The van der Waals surface area contributed by atoms with Gasteiger partial charge in [-0.1, -0.05) is 57.0 Å². The van der Waals surface area contributed by atoms with Crippen molar-refractivity contribution >= 4 is 12.9 Å². The molecule has 0 aliphatic carbocycles. The summed E-state index contributed by atoms with van der Waals surface area (Å²) in [4.78, 5) is 10.6. The number of para-hydroxylation sites is 1. The van der Waals surface area contributed by atoms with Crippen molar-refractivity contribution in [1.82, 2.24) is 0 Å². The Bertz CT molecular complexity index is 710. The maximum Gasteiger partial charge on any atom is 0.408 e. The number of rotatable bonds is 7. The SMILES string of the molecule is CCCc1cccc(P(=O)(O)Oc2ccccc2C)c1CCC. The Morgan fingerprint density at radius 3 is 2.35 bits per heavy atom. The van der Waals surface area contributed by atoms with Crippen LogP contribution in [0.15, 0.2) is 42.5 Å². The molecule has 4 heteroatoms. The molecule has 1 N–H and O–H groups in total. The van der Waals surface area contributed by atoms with Gasteiger partial charge in [-0.2, -0.15) is 0 Å². The van der Waals surface area contributed by atoms with Crippen molar-refractivity contribution in [2.45, 2.75) is 46.5 Å². The summed E-state index contributed by atoms with van der Waals surface area (Å²) >= 11 is 0. The van der Waals surface area contributed by atoms with Gasteiger partial charge in [0, 0.05) is 0 Å². The minimum absolute atomic E-state index is 0.438. The standard InChI is InChI=1S/C19H25O3P/c1-4-9-16-12-8-14-19(17(16)10-5-2)23(20,21)22-18-13-7-6-11-15(18)3/h6-8,11-14H,4-5,9-10H2,1-3H3,(H,20,21). The van der Waals surface area contributed by atoms with Crippen LogP contribution < -0.4 is 9.83 Å². The number of hydrogen-bond acceptors (Lipinski definition) is 2. The summed E-state index contributed by atoms with van der Waals surface area (Å²) in [6.07, 6.45) is 3.63. The summed E-state index contributed by atoms with van der Waals surface area (Å²) in [5, 5.41) is 0.438. The quantitative estimate of drug-likeness (QED) is 0.742. The molecule has 0 aliphatic rings. The van der Waals surface area contributed by atoms with Crippen LogP contribution in [-0.2, 0) is 17.4 Å². The first-order chi connectivity index (χ1) is 11.0. The third-order valence-corrected chi connectivity index (χ3v) is 5.36. The molecule has 1 unspecified atom stereocenters. The first-order valence-corrected chi connectivity index (χ1v) is 9.76. The van der Waals surface area contributed by atoms with Gasteiger partial charge in [-0.05, 0) is 48.6 Å². The topological polar surface area (TPSA) is 46.5 Å². The fourth-order valence-electron chi connectivity index (χ4n) is 2.77. The fourth-order valence-corrected chi connectivity index (χ4v) is 4.21. The van der Waals surface area contributed by atoms with E-state index in [9.17, 15) is 9.46 Å². The molecule has 124 valence electrons. The zero-order chi connectivity index (χ0) is 16.9. The molecule has 0 amide bonds. The van der Waals surface area contributed by atoms with Gasteiger partial charge in [-0.25, -0.2) is 4.57 Å². The molecule has 0 saturated carbocycles. The van der Waals surface area contributed by atoms with E-state index in [4.69, 9.17) is 4.52 Å². The van der Waals surface area contributed by atoms with Gasteiger partial charge in [0.2, 0.25) is 0 Å². The lowest BCUT2D eigenvalue weighted by molar-refractivity contribution is 0.392. The molecule has 0 aromatic heterocycles. The van der Waals surface area contributed by atoms with E-state index in [0.717, 1.165) is 42.4 Å². The summed E-state index contributed by atoms with van der Waals surface area (Å²) in [7, 11) is -3.91.